The summed E-state index contributed by atoms with van der Waals surface area (Å²) in [4.78, 5) is 12.5. The van der Waals surface area contributed by atoms with Crippen molar-refractivity contribution in [2.75, 3.05) is 0 Å². The maximum absolute atomic E-state index is 12.5. The number of nitrogens with zero attached hydrogens (tertiary/aromatic N) is 2. The van der Waals surface area contributed by atoms with Crippen LogP contribution in [0.5, 0.6) is 0 Å². The van der Waals surface area contributed by atoms with E-state index in [1.54, 1.807) is 0 Å². The monoisotopic (exact) mass is 291 g/mol. The number of aromatic nitrogens is 2. The Hall–Kier alpha value is -2.68. The zero-order valence-corrected chi connectivity index (χ0v) is 12.7. The zero-order chi connectivity index (χ0) is 15.5. The normalized spacial score (nSPS) is 10.8. The molecule has 0 saturated carbocycles. The van der Waals surface area contributed by atoms with Crippen molar-refractivity contribution < 1.29 is 9.36 Å². The second kappa shape index (κ2) is 5.98. The molecule has 1 aromatic heterocycles. The Morgan fingerprint density at radius 1 is 1.14 bits per heavy atom. The molecule has 3 aromatic rings. The quantitative estimate of drug-likeness (QED) is 0.402. The molecule has 0 spiro atoms. The summed E-state index contributed by atoms with van der Waals surface area (Å²) in [5.74, 6) is 1.18. The van der Waals surface area contributed by atoms with E-state index in [2.05, 4.69) is 27.8 Å². The third kappa shape index (κ3) is 2.46. The summed E-state index contributed by atoms with van der Waals surface area (Å²) in [5.41, 5.74) is 2.95. The van der Waals surface area contributed by atoms with Crippen molar-refractivity contribution >= 4 is 16.8 Å². The molecule has 110 valence electrons. The van der Waals surface area contributed by atoms with E-state index in [-0.39, 0.29) is 5.78 Å². The standard InChI is InChI=1S/C19H19N2O/c1-3-13-20-15(2)21(18-12-8-7-11-17(18)20)14-19(22)16-9-5-4-6-10-16/h3-12H,1,13-14H2,2H3/q+1. The van der Waals surface area contributed by atoms with Crippen LogP contribution in [0.25, 0.3) is 11.0 Å². The van der Waals surface area contributed by atoms with Gasteiger partial charge in [-0.15, -0.1) is 0 Å². The van der Waals surface area contributed by atoms with E-state index >= 15 is 0 Å². The van der Waals surface area contributed by atoms with Gasteiger partial charge in [0, 0.05) is 12.5 Å². The molecule has 22 heavy (non-hydrogen) atoms. The molecule has 0 aliphatic heterocycles. The minimum absolute atomic E-state index is 0.121. The van der Waals surface area contributed by atoms with Crippen LogP contribution in [0.4, 0.5) is 0 Å². The number of rotatable bonds is 5. The Morgan fingerprint density at radius 2 is 1.82 bits per heavy atom. The summed E-state index contributed by atoms with van der Waals surface area (Å²) in [6.07, 6.45) is 1.88. The van der Waals surface area contributed by atoms with Crippen molar-refractivity contribution in [2.24, 2.45) is 0 Å². The van der Waals surface area contributed by atoms with Crippen LogP contribution in [0.1, 0.15) is 16.2 Å². The lowest BCUT2D eigenvalue weighted by Crippen LogP contribution is -2.40. The number of Topliss-reactive ketones (excluding diaryl/α,β-unsaturated/α-hetero) is 1. The SMILES string of the molecule is C=CCn1c(C)[n+](CC(=O)c2ccccc2)c2ccccc21. The molecule has 0 amide bonds. The number of carbonyl (C=O) groups is 1. The van der Waals surface area contributed by atoms with Gasteiger partial charge < -0.3 is 0 Å². The molecule has 3 nitrogen and oxygen atoms in total. The molecule has 1 heterocycles. The van der Waals surface area contributed by atoms with E-state index in [0.29, 0.717) is 6.54 Å². The predicted octanol–water partition coefficient (Wildman–Crippen LogP) is 3.31. The summed E-state index contributed by atoms with van der Waals surface area (Å²) in [6.45, 7) is 6.95. The minimum atomic E-state index is 0.121. The second-order valence-electron chi connectivity index (χ2n) is 5.31. The molecule has 0 aliphatic carbocycles. The summed E-state index contributed by atoms with van der Waals surface area (Å²) in [6, 6.07) is 17.6. The van der Waals surface area contributed by atoms with Crippen LogP contribution >= 0.6 is 0 Å². The van der Waals surface area contributed by atoms with Gasteiger partial charge in [-0.2, -0.15) is 0 Å². The molecule has 0 unspecified atom stereocenters. The van der Waals surface area contributed by atoms with Gasteiger partial charge in [-0.25, -0.2) is 9.13 Å². The van der Waals surface area contributed by atoms with E-state index < -0.39 is 0 Å². The first kappa shape index (κ1) is 14.3. The topological polar surface area (TPSA) is 25.9 Å². The number of imidazole rings is 1. The van der Waals surface area contributed by atoms with E-state index in [0.717, 1.165) is 29.0 Å². The van der Waals surface area contributed by atoms with Crippen LogP contribution in [0.15, 0.2) is 67.3 Å². The Kier molecular flexibility index (Phi) is 3.88. The average molecular weight is 291 g/mol. The number of fused-ring (bicyclic) bond motifs is 1. The van der Waals surface area contributed by atoms with Gasteiger partial charge in [-0.3, -0.25) is 4.79 Å². The summed E-state index contributed by atoms with van der Waals surface area (Å²) in [7, 11) is 0. The Morgan fingerprint density at radius 3 is 2.55 bits per heavy atom. The zero-order valence-electron chi connectivity index (χ0n) is 12.7. The summed E-state index contributed by atoms with van der Waals surface area (Å²) < 4.78 is 4.26. The Labute approximate surface area is 130 Å². The van der Waals surface area contributed by atoms with E-state index in [1.807, 2.05) is 55.5 Å². The number of para-hydroxylation sites is 2. The molecule has 0 radical (unpaired) electrons. The fourth-order valence-corrected chi connectivity index (χ4v) is 2.83. The third-order valence-electron chi connectivity index (χ3n) is 3.95. The molecule has 2 aromatic carbocycles. The maximum atomic E-state index is 12.5. The fourth-order valence-electron chi connectivity index (χ4n) is 2.83. The number of ketones is 1. The molecule has 3 heteroatoms. The van der Waals surface area contributed by atoms with Gasteiger partial charge in [0.2, 0.25) is 5.78 Å². The minimum Gasteiger partial charge on any atom is -0.290 e. The van der Waals surface area contributed by atoms with E-state index in [1.165, 1.54) is 0 Å². The fraction of sp³-hybridized carbons (Fsp3) is 0.158. The van der Waals surface area contributed by atoms with Crippen molar-refractivity contribution in [1.82, 2.24) is 4.57 Å². The van der Waals surface area contributed by atoms with Gasteiger partial charge in [-0.05, 0) is 12.1 Å². The molecular weight excluding hydrogens is 272 g/mol. The van der Waals surface area contributed by atoms with Crippen LogP contribution in [0, 0.1) is 6.92 Å². The van der Waals surface area contributed by atoms with Gasteiger partial charge >= 0.3 is 0 Å². The van der Waals surface area contributed by atoms with Gasteiger partial charge in [0.05, 0.1) is 0 Å². The lowest BCUT2D eigenvalue weighted by atomic mass is 10.1. The highest BCUT2D eigenvalue weighted by atomic mass is 16.1. The Balaban J connectivity index is 2.05. The first-order valence-electron chi connectivity index (χ1n) is 7.39. The molecular formula is C19H19N2O+. The van der Waals surface area contributed by atoms with Crippen LogP contribution in [-0.4, -0.2) is 10.4 Å². The number of benzene rings is 2. The van der Waals surface area contributed by atoms with Crippen molar-refractivity contribution in [3.8, 4) is 0 Å². The highest BCUT2D eigenvalue weighted by molar-refractivity contribution is 5.95. The molecule has 0 fully saturated rings. The largest absolute Gasteiger partial charge is 0.290 e. The average Bonchev–Trinajstić information content (AvgIpc) is 2.82. The summed E-state index contributed by atoms with van der Waals surface area (Å²) >= 11 is 0. The van der Waals surface area contributed by atoms with Crippen LogP contribution < -0.4 is 4.57 Å². The van der Waals surface area contributed by atoms with Crippen molar-refractivity contribution in [2.45, 2.75) is 20.0 Å². The van der Waals surface area contributed by atoms with Crippen molar-refractivity contribution in [1.29, 1.82) is 0 Å². The molecule has 0 aliphatic rings. The van der Waals surface area contributed by atoms with Gasteiger partial charge in [0.15, 0.2) is 17.6 Å². The lowest BCUT2D eigenvalue weighted by molar-refractivity contribution is -0.664. The number of allylic oxidation sites excluding steroid dienone is 1. The predicted molar refractivity (Wildman–Crippen MR) is 87.8 cm³/mol. The molecule has 0 N–H and O–H groups in total. The van der Waals surface area contributed by atoms with Crippen LogP contribution in [0.3, 0.4) is 0 Å². The number of hydrogen-bond donors (Lipinski definition) is 0. The number of carbonyl (C=O) groups excluding carboxylic acids is 1. The van der Waals surface area contributed by atoms with Crippen LogP contribution in [0.2, 0.25) is 0 Å². The maximum Gasteiger partial charge on any atom is 0.254 e. The number of hydrogen-bond acceptors (Lipinski definition) is 1. The first-order chi connectivity index (χ1) is 10.7. The smallest absolute Gasteiger partial charge is 0.254 e. The summed E-state index contributed by atoms with van der Waals surface area (Å²) in [5, 5.41) is 0. The third-order valence-corrected chi connectivity index (χ3v) is 3.95. The molecule has 3 rings (SSSR count). The lowest BCUT2D eigenvalue weighted by Gasteiger charge is -2.01. The van der Waals surface area contributed by atoms with Gasteiger partial charge in [-0.1, -0.05) is 55.1 Å². The second-order valence-corrected chi connectivity index (χ2v) is 5.31. The first-order valence-corrected chi connectivity index (χ1v) is 7.39. The van der Waals surface area contributed by atoms with Gasteiger partial charge in [0.25, 0.3) is 5.82 Å². The highest BCUT2D eigenvalue weighted by Gasteiger charge is 2.22. The highest BCUT2D eigenvalue weighted by Crippen LogP contribution is 2.14. The molecule has 0 atom stereocenters. The Bertz CT molecular complexity index is 831. The van der Waals surface area contributed by atoms with Crippen molar-refractivity contribution in [3.63, 3.8) is 0 Å². The van der Waals surface area contributed by atoms with E-state index in [9.17, 15) is 4.79 Å². The van der Waals surface area contributed by atoms with E-state index in [4.69, 9.17) is 0 Å². The van der Waals surface area contributed by atoms with Crippen LogP contribution in [-0.2, 0) is 13.1 Å². The van der Waals surface area contributed by atoms with Gasteiger partial charge in [0.1, 0.15) is 6.54 Å². The molecule has 0 bridgehead atoms. The molecule has 0 saturated heterocycles. The van der Waals surface area contributed by atoms with Crippen molar-refractivity contribution in [3.05, 3.63) is 78.6 Å².